The first kappa shape index (κ1) is 15.6. The second-order valence-electron chi connectivity index (χ2n) is 5.90. The minimum absolute atomic E-state index is 0.00129. The lowest BCUT2D eigenvalue weighted by atomic mass is 9.83. The topological polar surface area (TPSA) is 72.6 Å². The summed E-state index contributed by atoms with van der Waals surface area (Å²) in [5, 5.41) is 9.07. The van der Waals surface area contributed by atoms with Crippen molar-refractivity contribution in [2.75, 3.05) is 6.54 Å². The summed E-state index contributed by atoms with van der Waals surface area (Å²) in [6.07, 6.45) is 7.63. The van der Waals surface area contributed by atoms with Crippen molar-refractivity contribution in [3.63, 3.8) is 0 Å². The summed E-state index contributed by atoms with van der Waals surface area (Å²) in [6.45, 7) is 1.12. The molecule has 1 aromatic rings. The number of hydrogen-bond donors (Lipinski definition) is 2. The molecule has 1 heterocycles. The van der Waals surface area contributed by atoms with Gasteiger partial charge in [0.05, 0.1) is 6.42 Å². The third-order valence-electron chi connectivity index (χ3n) is 4.25. The predicted octanol–water partition coefficient (Wildman–Crippen LogP) is 3.25. The molecule has 23 heavy (non-hydrogen) atoms. The van der Waals surface area contributed by atoms with Crippen LogP contribution in [0.3, 0.4) is 0 Å². The molecule has 3 N–H and O–H groups in total. The standard InChI is InChI=1S/C19H21NO3/c20-9-3-6-16-15-5-2-1-4-14(15)12-23-18-8-7-13(10-17(16)18)11-19(21)22/h1-2,4-8,13H,3,9-12,20H2,(H,21,22)/b16-6-. The number of benzene rings is 1. The summed E-state index contributed by atoms with van der Waals surface area (Å²) < 4.78 is 5.97. The predicted molar refractivity (Wildman–Crippen MR) is 89.4 cm³/mol. The monoisotopic (exact) mass is 311 g/mol. The molecule has 1 aromatic carbocycles. The average Bonchev–Trinajstić information content (AvgIpc) is 2.69. The number of ether oxygens (including phenoxy) is 1. The molecule has 1 atom stereocenters. The molecule has 2 aliphatic rings. The number of carboxylic acids is 1. The zero-order chi connectivity index (χ0) is 16.2. The Morgan fingerprint density at radius 3 is 3.00 bits per heavy atom. The Hall–Kier alpha value is -2.33. The van der Waals surface area contributed by atoms with Crippen molar-refractivity contribution in [2.45, 2.75) is 25.9 Å². The molecule has 4 nitrogen and oxygen atoms in total. The fraction of sp³-hybridized carbons (Fsp3) is 0.316. The van der Waals surface area contributed by atoms with Crippen LogP contribution in [0.15, 0.2) is 53.8 Å². The Balaban J connectivity index is 2.01. The van der Waals surface area contributed by atoms with E-state index in [4.69, 9.17) is 15.6 Å². The summed E-state index contributed by atoms with van der Waals surface area (Å²) in [5.74, 6) is 0.0821. The Labute approximate surface area is 136 Å². The number of carbonyl (C=O) groups is 1. The molecule has 1 aliphatic heterocycles. The van der Waals surface area contributed by atoms with Crippen LogP contribution in [0.1, 0.15) is 30.4 Å². The van der Waals surface area contributed by atoms with Gasteiger partial charge in [0.2, 0.25) is 0 Å². The van der Waals surface area contributed by atoms with Crippen LogP contribution in [0.5, 0.6) is 0 Å². The highest BCUT2D eigenvalue weighted by molar-refractivity contribution is 5.83. The molecule has 0 radical (unpaired) electrons. The number of carboxylic acid groups (broad SMARTS) is 1. The Kier molecular flexibility index (Phi) is 4.63. The Morgan fingerprint density at radius 1 is 1.39 bits per heavy atom. The van der Waals surface area contributed by atoms with E-state index in [2.05, 4.69) is 18.2 Å². The molecule has 1 unspecified atom stereocenters. The fourth-order valence-electron chi connectivity index (χ4n) is 3.19. The summed E-state index contributed by atoms with van der Waals surface area (Å²) in [6, 6.07) is 8.20. The maximum absolute atomic E-state index is 11.0. The van der Waals surface area contributed by atoms with Crippen molar-refractivity contribution >= 4 is 11.5 Å². The van der Waals surface area contributed by atoms with Gasteiger partial charge in [0.1, 0.15) is 12.4 Å². The van der Waals surface area contributed by atoms with E-state index in [0.29, 0.717) is 19.6 Å². The number of fused-ring (bicyclic) bond motifs is 1. The van der Waals surface area contributed by atoms with Gasteiger partial charge in [-0.05, 0) is 48.1 Å². The average molecular weight is 311 g/mol. The van der Waals surface area contributed by atoms with Crippen LogP contribution in [-0.4, -0.2) is 17.6 Å². The van der Waals surface area contributed by atoms with Gasteiger partial charge in [0.25, 0.3) is 0 Å². The van der Waals surface area contributed by atoms with Crippen LogP contribution in [0.4, 0.5) is 0 Å². The zero-order valence-corrected chi connectivity index (χ0v) is 13.0. The molecule has 0 spiro atoms. The highest BCUT2D eigenvalue weighted by atomic mass is 16.5. The maximum Gasteiger partial charge on any atom is 0.303 e. The lowest BCUT2D eigenvalue weighted by molar-refractivity contribution is -0.137. The molecule has 0 amide bonds. The maximum atomic E-state index is 11.0. The minimum atomic E-state index is -0.772. The normalized spacial score (nSPS) is 21.4. The molecule has 0 bridgehead atoms. The molecule has 0 saturated carbocycles. The van der Waals surface area contributed by atoms with Crippen molar-refractivity contribution < 1.29 is 14.6 Å². The van der Waals surface area contributed by atoms with Gasteiger partial charge in [-0.3, -0.25) is 4.79 Å². The van der Waals surface area contributed by atoms with E-state index >= 15 is 0 Å². The molecule has 0 aromatic heterocycles. The second-order valence-corrected chi connectivity index (χ2v) is 5.90. The van der Waals surface area contributed by atoms with E-state index in [-0.39, 0.29) is 12.3 Å². The highest BCUT2D eigenvalue weighted by Crippen LogP contribution is 2.40. The number of aliphatic carboxylic acids is 1. The van der Waals surface area contributed by atoms with Crippen molar-refractivity contribution in [1.29, 1.82) is 0 Å². The molecule has 0 saturated heterocycles. The van der Waals surface area contributed by atoms with Gasteiger partial charge in [0, 0.05) is 5.57 Å². The molecule has 4 heteroatoms. The first-order valence-corrected chi connectivity index (χ1v) is 7.94. The minimum Gasteiger partial charge on any atom is -0.489 e. The number of allylic oxidation sites excluding steroid dienone is 4. The van der Waals surface area contributed by atoms with Crippen molar-refractivity contribution in [3.8, 4) is 0 Å². The Morgan fingerprint density at radius 2 is 2.22 bits per heavy atom. The van der Waals surface area contributed by atoms with Gasteiger partial charge < -0.3 is 15.6 Å². The molecule has 3 rings (SSSR count). The molecule has 120 valence electrons. The third kappa shape index (κ3) is 3.37. The van der Waals surface area contributed by atoms with Gasteiger partial charge >= 0.3 is 5.97 Å². The third-order valence-corrected chi connectivity index (χ3v) is 4.25. The van der Waals surface area contributed by atoms with Gasteiger partial charge in [-0.1, -0.05) is 36.4 Å². The number of hydrogen-bond acceptors (Lipinski definition) is 3. The van der Waals surface area contributed by atoms with E-state index in [1.165, 1.54) is 0 Å². The smallest absolute Gasteiger partial charge is 0.303 e. The van der Waals surface area contributed by atoms with E-state index in [0.717, 1.165) is 34.5 Å². The van der Waals surface area contributed by atoms with Crippen molar-refractivity contribution in [3.05, 3.63) is 65.0 Å². The van der Waals surface area contributed by atoms with Crippen molar-refractivity contribution in [2.24, 2.45) is 11.7 Å². The first-order chi connectivity index (χ1) is 11.2. The largest absolute Gasteiger partial charge is 0.489 e. The van der Waals surface area contributed by atoms with Crippen LogP contribution in [0.25, 0.3) is 5.57 Å². The highest BCUT2D eigenvalue weighted by Gasteiger charge is 2.26. The fourth-order valence-corrected chi connectivity index (χ4v) is 3.19. The second kappa shape index (κ2) is 6.84. The first-order valence-electron chi connectivity index (χ1n) is 7.94. The summed E-state index contributed by atoms with van der Waals surface area (Å²) in [4.78, 5) is 11.0. The van der Waals surface area contributed by atoms with Crippen LogP contribution in [0.2, 0.25) is 0 Å². The number of rotatable bonds is 4. The van der Waals surface area contributed by atoms with Crippen LogP contribution in [0, 0.1) is 5.92 Å². The van der Waals surface area contributed by atoms with Gasteiger partial charge in [-0.25, -0.2) is 0 Å². The van der Waals surface area contributed by atoms with Gasteiger partial charge in [0.15, 0.2) is 0 Å². The zero-order valence-electron chi connectivity index (χ0n) is 13.0. The van der Waals surface area contributed by atoms with E-state index in [1.807, 2.05) is 24.3 Å². The molecular weight excluding hydrogens is 290 g/mol. The van der Waals surface area contributed by atoms with Gasteiger partial charge in [-0.2, -0.15) is 0 Å². The van der Waals surface area contributed by atoms with Crippen molar-refractivity contribution in [1.82, 2.24) is 0 Å². The van der Waals surface area contributed by atoms with Crippen LogP contribution >= 0.6 is 0 Å². The van der Waals surface area contributed by atoms with E-state index in [9.17, 15) is 4.79 Å². The molecular formula is C19H21NO3. The lowest BCUT2D eigenvalue weighted by Crippen LogP contribution is -2.11. The quantitative estimate of drug-likeness (QED) is 0.895. The molecule has 1 aliphatic carbocycles. The molecule has 0 fully saturated rings. The summed E-state index contributed by atoms with van der Waals surface area (Å²) in [5.41, 5.74) is 10.2. The van der Waals surface area contributed by atoms with Crippen LogP contribution < -0.4 is 5.73 Å². The Bertz CT molecular complexity index is 700. The SMILES string of the molecule is NCC/C=C1\C2=C(C=CC(CC(=O)O)C2)OCc2ccccc21. The summed E-state index contributed by atoms with van der Waals surface area (Å²) >= 11 is 0. The summed E-state index contributed by atoms with van der Waals surface area (Å²) in [7, 11) is 0. The van der Waals surface area contributed by atoms with Gasteiger partial charge in [-0.15, -0.1) is 0 Å². The lowest BCUT2D eigenvalue weighted by Gasteiger charge is -2.22. The van der Waals surface area contributed by atoms with E-state index < -0.39 is 5.97 Å². The van der Waals surface area contributed by atoms with Crippen LogP contribution in [-0.2, 0) is 16.1 Å². The van der Waals surface area contributed by atoms with E-state index in [1.54, 1.807) is 0 Å². The number of nitrogens with two attached hydrogens (primary N) is 1.